The summed E-state index contributed by atoms with van der Waals surface area (Å²) in [4.78, 5) is 28.6. The van der Waals surface area contributed by atoms with Crippen LogP contribution in [-0.4, -0.2) is 33.2 Å². The third-order valence-electron chi connectivity index (χ3n) is 3.49. The highest BCUT2D eigenvalue weighted by molar-refractivity contribution is 5.80. The molecule has 6 heteroatoms. The fourth-order valence-electron chi connectivity index (χ4n) is 2.01. The number of carboxylic acid groups (broad SMARTS) is 3. The fourth-order valence-corrected chi connectivity index (χ4v) is 2.01. The summed E-state index contributed by atoms with van der Waals surface area (Å²) in [6.07, 6.45) is 24.0. The first kappa shape index (κ1) is 31.3. The largest absolute Gasteiger partial charge is 0.481 e. The normalized spacial score (nSPS) is 10.4. The second-order valence-electron chi connectivity index (χ2n) is 6.39. The van der Waals surface area contributed by atoms with Crippen molar-refractivity contribution in [2.45, 2.75) is 91.4 Å². The van der Waals surface area contributed by atoms with Crippen molar-refractivity contribution in [2.24, 2.45) is 0 Å². The molecule has 0 atom stereocenters. The summed E-state index contributed by atoms with van der Waals surface area (Å²) in [6.45, 7) is 4.94. The van der Waals surface area contributed by atoms with E-state index in [0.717, 1.165) is 19.4 Å². The molecule has 0 heterocycles. The van der Waals surface area contributed by atoms with Gasteiger partial charge in [-0.2, -0.15) is 0 Å². The molecule has 0 bridgehead atoms. The van der Waals surface area contributed by atoms with Gasteiger partial charge in [0.15, 0.2) is 0 Å². The first-order chi connectivity index (χ1) is 13.8. The van der Waals surface area contributed by atoms with E-state index >= 15 is 0 Å². The quantitative estimate of drug-likeness (QED) is 0.177. The SMILES string of the molecule is CC(=O)O.CCC(=O)O.CCCCCCCCCCCC=CC=CC=CC(=O)O. The lowest BCUT2D eigenvalue weighted by Crippen LogP contribution is -1.86. The summed E-state index contributed by atoms with van der Waals surface area (Å²) in [6, 6.07) is 0. The van der Waals surface area contributed by atoms with Gasteiger partial charge in [0.1, 0.15) is 0 Å². The number of hydrogen-bond donors (Lipinski definition) is 3. The van der Waals surface area contributed by atoms with E-state index in [9.17, 15) is 9.59 Å². The molecule has 0 aliphatic rings. The van der Waals surface area contributed by atoms with E-state index in [-0.39, 0.29) is 6.42 Å². The van der Waals surface area contributed by atoms with E-state index in [4.69, 9.17) is 20.1 Å². The summed E-state index contributed by atoms with van der Waals surface area (Å²) in [5.41, 5.74) is 0. The molecule has 0 aromatic carbocycles. The van der Waals surface area contributed by atoms with Gasteiger partial charge < -0.3 is 15.3 Å². The number of allylic oxidation sites excluding steroid dienone is 5. The van der Waals surface area contributed by atoms with Crippen molar-refractivity contribution >= 4 is 17.9 Å². The molecule has 6 nitrogen and oxygen atoms in total. The third-order valence-corrected chi connectivity index (χ3v) is 3.49. The topological polar surface area (TPSA) is 112 Å². The van der Waals surface area contributed by atoms with Crippen molar-refractivity contribution < 1.29 is 29.7 Å². The average molecular weight is 413 g/mol. The fraction of sp³-hybridized carbons (Fsp3) is 0.609. The van der Waals surface area contributed by atoms with E-state index in [2.05, 4.69) is 13.0 Å². The van der Waals surface area contributed by atoms with Crippen LogP contribution in [0, 0.1) is 0 Å². The Hall–Kier alpha value is -2.37. The van der Waals surface area contributed by atoms with Gasteiger partial charge in [0.05, 0.1) is 0 Å². The Bertz CT molecular complexity index is 474. The van der Waals surface area contributed by atoms with Crippen LogP contribution in [0.5, 0.6) is 0 Å². The van der Waals surface area contributed by atoms with Crippen molar-refractivity contribution in [1.29, 1.82) is 0 Å². The first-order valence-electron chi connectivity index (χ1n) is 10.4. The highest BCUT2D eigenvalue weighted by Crippen LogP contribution is 2.10. The Labute approximate surface area is 176 Å². The van der Waals surface area contributed by atoms with Crippen LogP contribution in [0.25, 0.3) is 0 Å². The minimum absolute atomic E-state index is 0.222. The summed E-state index contributed by atoms with van der Waals surface area (Å²) in [5, 5.41) is 23.5. The Kier molecular flexibility index (Phi) is 30.1. The second-order valence-corrected chi connectivity index (χ2v) is 6.39. The van der Waals surface area contributed by atoms with Gasteiger partial charge in [-0.3, -0.25) is 9.59 Å². The monoisotopic (exact) mass is 412 g/mol. The molecule has 0 rings (SSSR count). The molecule has 0 radical (unpaired) electrons. The molecular formula is C23H40O6. The zero-order valence-electron chi connectivity index (χ0n) is 18.3. The van der Waals surface area contributed by atoms with Gasteiger partial charge in [0.2, 0.25) is 0 Å². The average Bonchev–Trinajstić information content (AvgIpc) is 2.64. The molecule has 0 saturated heterocycles. The lowest BCUT2D eigenvalue weighted by Gasteiger charge is -2.00. The van der Waals surface area contributed by atoms with Gasteiger partial charge in [0, 0.05) is 19.4 Å². The van der Waals surface area contributed by atoms with Crippen LogP contribution in [-0.2, 0) is 14.4 Å². The van der Waals surface area contributed by atoms with Crippen LogP contribution in [0.4, 0.5) is 0 Å². The highest BCUT2D eigenvalue weighted by Gasteiger charge is 1.90. The molecule has 0 amide bonds. The van der Waals surface area contributed by atoms with E-state index in [1.165, 1.54) is 63.9 Å². The summed E-state index contributed by atoms with van der Waals surface area (Å²) >= 11 is 0. The number of rotatable bonds is 14. The molecule has 0 aliphatic carbocycles. The summed E-state index contributed by atoms with van der Waals surface area (Å²) in [5.74, 6) is -2.49. The van der Waals surface area contributed by atoms with Crippen LogP contribution in [0.15, 0.2) is 36.5 Å². The van der Waals surface area contributed by atoms with Crippen LogP contribution < -0.4 is 0 Å². The molecule has 0 aromatic rings. The van der Waals surface area contributed by atoms with Gasteiger partial charge in [-0.05, 0) is 12.8 Å². The Morgan fingerprint density at radius 2 is 1.10 bits per heavy atom. The van der Waals surface area contributed by atoms with Crippen molar-refractivity contribution in [3.05, 3.63) is 36.5 Å². The molecule has 3 N–H and O–H groups in total. The van der Waals surface area contributed by atoms with Gasteiger partial charge in [0.25, 0.3) is 5.97 Å². The molecule has 0 aromatic heterocycles. The second kappa shape index (κ2) is 27.8. The summed E-state index contributed by atoms with van der Waals surface area (Å²) < 4.78 is 0. The molecule has 0 aliphatic heterocycles. The standard InChI is InChI=1S/C18H30O2.C3H6O2.C2H4O2/c1-2-3-4-5-6-7-8-9-10-11-12-13-14-15-16-17-18(19)20;1-2-3(4)5;1-2(3)4/h12-17H,2-11H2,1H3,(H,19,20);2H2,1H3,(H,4,5);1H3,(H,3,4). The van der Waals surface area contributed by atoms with E-state index < -0.39 is 17.9 Å². The van der Waals surface area contributed by atoms with Crippen LogP contribution in [0.3, 0.4) is 0 Å². The number of carbonyl (C=O) groups is 3. The maximum absolute atomic E-state index is 10.2. The lowest BCUT2D eigenvalue weighted by atomic mass is 10.1. The van der Waals surface area contributed by atoms with Crippen molar-refractivity contribution in [2.75, 3.05) is 0 Å². The maximum atomic E-state index is 10.2. The Balaban J connectivity index is -0.000000623. The smallest absolute Gasteiger partial charge is 0.328 e. The lowest BCUT2D eigenvalue weighted by molar-refractivity contribution is -0.137. The molecule has 168 valence electrons. The van der Waals surface area contributed by atoms with Crippen molar-refractivity contribution in [3.8, 4) is 0 Å². The predicted octanol–water partition coefficient (Wildman–Crippen LogP) is 6.23. The number of hydrogen-bond acceptors (Lipinski definition) is 3. The van der Waals surface area contributed by atoms with Gasteiger partial charge in [-0.15, -0.1) is 0 Å². The first-order valence-corrected chi connectivity index (χ1v) is 10.4. The van der Waals surface area contributed by atoms with Crippen molar-refractivity contribution in [1.82, 2.24) is 0 Å². The molecule has 29 heavy (non-hydrogen) atoms. The van der Waals surface area contributed by atoms with Crippen LogP contribution in [0.1, 0.15) is 91.4 Å². The van der Waals surface area contributed by atoms with Crippen LogP contribution in [0.2, 0.25) is 0 Å². The van der Waals surface area contributed by atoms with E-state index in [1.807, 2.05) is 12.2 Å². The number of unbranched alkanes of at least 4 members (excludes halogenated alkanes) is 9. The zero-order valence-corrected chi connectivity index (χ0v) is 18.3. The van der Waals surface area contributed by atoms with Gasteiger partial charge in [-0.1, -0.05) is 95.6 Å². The predicted molar refractivity (Wildman–Crippen MR) is 118 cm³/mol. The summed E-state index contributed by atoms with van der Waals surface area (Å²) in [7, 11) is 0. The Morgan fingerprint density at radius 1 is 0.690 bits per heavy atom. The zero-order chi connectivity index (χ0) is 22.8. The maximum Gasteiger partial charge on any atom is 0.328 e. The molecule has 0 saturated carbocycles. The Morgan fingerprint density at radius 3 is 1.52 bits per heavy atom. The molecule has 0 unspecified atom stereocenters. The highest BCUT2D eigenvalue weighted by atomic mass is 16.4. The third kappa shape index (κ3) is 51.7. The molecule has 0 fully saturated rings. The van der Waals surface area contributed by atoms with E-state index in [1.54, 1.807) is 13.0 Å². The van der Waals surface area contributed by atoms with Gasteiger partial charge >= 0.3 is 11.9 Å². The van der Waals surface area contributed by atoms with Gasteiger partial charge in [-0.25, -0.2) is 4.79 Å². The van der Waals surface area contributed by atoms with Crippen molar-refractivity contribution in [3.63, 3.8) is 0 Å². The number of carboxylic acids is 3. The minimum Gasteiger partial charge on any atom is -0.481 e. The minimum atomic E-state index is -0.909. The van der Waals surface area contributed by atoms with Crippen LogP contribution >= 0.6 is 0 Å². The van der Waals surface area contributed by atoms with E-state index in [0.29, 0.717) is 0 Å². The molecule has 0 spiro atoms. The number of aliphatic carboxylic acids is 3. The molecular weight excluding hydrogens is 372 g/mol.